The minimum atomic E-state index is 0.0664. The van der Waals surface area contributed by atoms with Crippen molar-refractivity contribution in [2.45, 2.75) is 141 Å². The number of benzene rings is 4. The highest BCUT2D eigenvalue weighted by Gasteiger charge is 2.38. The predicted octanol–water partition coefficient (Wildman–Crippen LogP) is 13.3. The molecule has 2 nitrogen and oxygen atoms in total. The zero-order valence-electron chi connectivity index (χ0n) is 30.9. The molecule has 0 radical (unpaired) electrons. The second-order valence-corrected chi connectivity index (χ2v) is 15.2. The first-order valence-corrected chi connectivity index (χ1v) is 19.9. The van der Waals surface area contributed by atoms with Crippen LogP contribution in [0.4, 0.5) is 11.4 Å². The van der Waals surface area contributed by atoms with E-state index in [0.717, 1.165) is 17.3 Å². The van der Waals surface area contributed by atoms with Crippen LogP contribution in [0.5, 0.6) is 0 Å². The van der Waals surface area contributed by atoms with E-state index in [1.807, 2.05) is 0 Å². The van der Waals surface area contributed by atoms with Crippen molar-refractivity contribution in [3.63, 3.8) is 0 Å². The summed E-state index contributed by atoms with van der Waals surface area (Å²) in [5.74, 6) is 1.67. The van der Waals surface area contributed by atoms with Crippen LogP contribution in [0.2, 0.25) is 0 Å². The Morgan fingerprint density at radius 3 is 1.20 bits per heavy atom. The highest BCUT2D eigenvalue weighted by atomic mass is 14.5. The summed E-state index contributed by atoms with van der Waals surface area (Å²) in [6, 6.07) is 37.0. The smallest absolute Gasteiger partial charge is 0.0314 e. The third-order valence-electron chi connectivity index (χ3n) is 11.8. The zero-order valence-corrected chi connectivity index (χ0v) is 30.9. The highest BCUT2D eigenvalue weighted by molar-refractivity contribution is 5.47. The Balaban J connectivity index is 1.45. The molecule has 2 unspecified atom stereocenters. The average Bonchev–Trinajstić information content (AvgIpc) is 3.14. The first-order chi connectivity index (χ1) is 24.0. The fourth-order valence-electron chi connectivity index (χ4n) is 8.74. The van der Waals surface area contributed by atoms with Crippen molar-refractivity contribution < 1.29 is 0 Å². The monoisotopic (exact) mass is 657 g/mol. The molecule has 0 saturated heterocycles. The Labute approximate surface area is 299 Å². The average molecular weight is 657 g/mol. The SMILES string of the molecule is CCCCCCC(c1ccc(N)cc1)c1ccc(C2(c3ccc(C(CCCCCC)c4ccc(N)cc4)cc3)CCC(CCC)CC2)cc1. The number of nitrogen functional groups attached to an aromatic ring is 2. The predicted molar refractivity (Wildman–Crippen MR) is 213 cm³/mol. The van der Waals surface area contributed by atoms with Gasteiger partial charge >= 0.3 is 0 Å². The largest absolute Gasteiger partial charge is 0.399 e. The van der Waals surface area contributed by atoms with Crippen molar-refractivity contribution in [2.24, 2.45) is 5.92 Å². The number of unbranched alkanes of at least 4 members (excludes halogenated alkanes) is 6. The second-order valence-electron chi connectivity index (χ2n) is 15.2. The van der Waals surface area contributed by atoms with E-state index in [0.29, 0.717) is 11.8 Å². The molecule has 0 aromatic heterocycles. The van der Waals surface area contributed by atoms with E-state index >= 15 is 0 Å². The maximum Gasteiger partial charge on any atom is 0.0314 e. The van der Waals surface area contributed by atoms with Gasteiger partial charge in [0.05, 0.1) is 0 Å². The summed E-state index contributed by atoms with van der Waals surface area (Å²) in [5.41, 5.74) is 22.6. The van der Waals surface area contributed by atoms with E-state index < -0.39 is 0 Å². The van der Waals surface area contributed by atoms with Crippen LogP contribution in [-0.2, 0) is 5.41 Å². The minimum absolute atomic E-state index is 0.0664. The van der Waals surface area contributed by atoms with Crippen molar-refractivity contribution >= 4 is 11.4 Å². The lowest BCUT2D eigenvalue weighted by Gasteiger charge is -2.42. The van der Waals surface area contributed by atoms with E-state index in [-0.39, 0.29) is 5.41 Å². The Bertz CT molecular complexity index is 1390. The van der Waals surface area contributed by atoms with Gasteiger partial charge in [-0.1, -0.05) is 158 Å². The van der Waals surface area contributed by atoms with Gasteiger partial charge in [-0.2, -0.15) is 0 Å². The van der Waals surface area contributed by atoms with Gasteiger partial charge in [0.2, 0.25) is 0 Å². The summed E-state index contributed by atoms with van der Waals surface area (Å²) in [4.78, 5) is 0. The molecule has 4 aromatic rings. The van der Waals surface area contributed by atoms with Crippen LogP contribution >= 0.6 is 0 Å². The van der Waals surface area contributed by atoms with Crippen molar-refractivity contribution in [2.75, 3.05) is 11.5 Å². The summed E-state index contributed by atoms with van der Waals surface area (Å²) in [5, 5.41) is 0. The number of hydrogen-bond acceptors (Lipinski definition) is 2. The molecule has 1 fully saturated rings. The number of anilines is 2. The summed E-state index contributed by atoms with van der Waals surface area (Å²) in [6.45, 7) is 6.93. The van der Waals surface area contributed by atoms with Crippen molar-refractivity contribution in [1.29, 1.82) is 0 Å². The summed E-state index contributed by atoms with van der Waals surface area (Å²) in [7, 11) is 0. The van der Waals surface area contributed by atoms with E-state index in [9.17, 15) is 0 Å². The maximum atomic E-state index is 6.09. The quantitative estimate of drug-likeness (QED) is 0.0827. The van der Waals surface area contributed by atoms with E-state index in [4.69, 9.17) is 11.5 Å². The maximum absolute atomic E-state index is 6.09. The molecule has 0 amide bonds. The second kappa shape index (κ2) is 18.5. The van der Waals surface area contributed by atoms with E-state index in [2.05, 4.69) is 118 Å². The number of nitrogens with two attached hydrogens (primary N) is 2. The van der Waals surface area contributed by atoms with Gasteiger partial charge in [-0.05, 0) is 102 Å². The van der Waals surface area contributed by atoms with Gasteiger partial charge in [0.15, 0.2) is 0 Å². The van der Waals surface area contributed by atoms with Crippen LogP contribution < -0.4 is 11.5 Å². The lowest BCUT2D eigenvalue weighted by molar-refractivity contribution is 0.253. The Hall–Kier alpha value is -3.52. The van der Waals surface area contributed by atoms with Gasteiger partial charge in [0.25, 0.3) is 0 Å². The Kier molecular flexibility index (Phi) is 13.9. The van der Waals surface area contributed by atoms with Crippen LogP contribution in [0.15, 0.2) is 97.1 Å². The molecule has 49 heavy (non-hydrogen) atoms. The van der Waals surface area contributed by atoms with Crippen molar-refractivity contribution in [3.8, 4) is 0 Å². The van der Waals surface area contributed by atoms with Gasteiger partial charge in [-0.15, -0.1) is 0 Å². The van der Waals surface area contributed by atoms with Gasteiger partial charge in [-0.3, -0.25) is 0 Å². The highest BCUT2D eigenvalue weighted by Crippen LogP contribution is 2.48. The first kappa shape index (κ1) is 36.8. The topological polar surface area (TPSA) is 52.0 Å². The van der Waals surface area contributed by atoms with Crippen molar-refractivity contribution in [1.82, 2.24) is 0 Å². The standard InChI is InChI=1S/C47H64N2/c1-4-7-9-11-14-45(39-20-28-43(48)29-21-39)37-16-24-41(25-17-37)47(34-32-36(13-6-3)33-35-47)42-26-18-38(19-27-42)46(15-12-10-8-5-2)40-22-30-44(49)31-23-40/h16-31,36,45-46H,4-15,32-35,48-49H2,1-3H3. The molecule has 1 aliphatic carbocycles. The molecule has 5 rings (SSSR count). The molecular weight excluding hydrogens is 593 g/mol. The number of rotatable bonds is 18. The van der Waals surface area contributed by atoms with Crippen LogP contribution in [-0.4, -0.2) is 0 Å². The molecule has 4 N–H and O–H groups in total. The fourth-order valence-corrected chi connectivity index (χ4v) is 8.74. The van der Waals surface area contributed by atoms with Crippen LogP contribution in [0.25, 0.3) is 0 Å². The first-order valence-electron chi connectivity index (χ1n) is 19.9. The molecule has 1 saturated carbocycles. The van der Waals surface area contributed by atoms with Gasteiger partial charge in [0.1, 0.15) is 0 Å². The third-order valence-corrected chi connectivity index (χ3v) is 11.8. The van der Waals surface area contributed by atoms with Crippen molar-refractivity contribution in [3.05, 3.63) is 130 Å². The summed E-state index contributed by atoms with van der Waals surface area (Å²) < 4.78 is 0. The van der Waals surface area contributed by atoms with Crippen LogP contribution in [0.1, 0.15) is 169 Å². The molecular formula is C47H64N2. The molecule has 0 heterocycles. The zero-order chi connectivity index (χ0) is 34.5. The molecule has 0 spiro atoms. The van der Waals surface area contributed by atoms with Crippen LogP contribution in [0, 0.1) is 5.92 Å². The molecule has 2 heteroatoms. The molecule has 1 aliphatic rings. The van der Waals surface area contributed by atoms with E-state index in [1.54, 1.807) is 0 Å². The number of hydrogen-bond donors (Lipinski definition) is 2. The normalized spacial score (nSPS) is 19.0. The minimum Gasteiger partial charge on any atom is -0.399 e. The summed E-state index contributed by atoms with van der Waals surface area (Å²) in [6.07, 6.45) is 20.4. The third kappa shape index (κ3) is 9.59. The lowest BCUT2D eigenvalue weighted by atomic mass is 9.62. The van der Waals surface area contributed by atoms with Gasteiger partial charge < -0.3 is 11.5 Å². The summed E-state index contributed by atoms with van der Waals surface area (Å²) >= 11 is 0. The van der Waals surface area contributed by atoms with E-state index in [1.165, 1.54) is 136 Å². The van der Waals surface area contributed by atoms with Gasteiger partial charge in [0, 0.05) is 28.6 Å². The fraction of sp³-hybridized carbons (Fsp3) is 0.489. The molecule has 2 atom stereocenters. The molecule has 262 valence electrons. The van der Waals surface area contributed by atoms with Crippen LogP contribution in [0.3, 0.4) is 0 Å². The molecule has 0 bridgehead atoms. The van der Waals surface area contributed by atoms with Gasteiger partial charge in [-0.25, -0.2) is 0 Å². The molecule has 4 aromatic carbocycles. The Morgan fingerprint density at radius 2 is 0.857 bits per heavy atom. The Morgan fingerprint density at radius 1 is 0.490 bits per heavy atom. The molecule has 0 aliphatic heterocycles. The lowest BCUT2D eigenvalue weighted by Crippen LogP contribution is -2.33.